The van der Waals surface area contributed by atoms with Gasteiger partial charge in [-0.15, -0.1) is 0 Å². The maximum absolute atomic E-state index is 13.1. The lowest BCUT2D eigenvalue weighted by atomic mass is 9.87. The van der Waals surface area contributed by atoms with Crippen molar-refractivity contribution in [2.45, 2.75) is 39.2 Å². The summed E-state index contributed by atoms with van der Waals surface area (Å²) >= 11 is 0. The number of nitrogens with zero attached hydrogens (tertiary/aromatic N) is 1. The largest absolute Gasteiger partial charge is 0.367 e. The smallest absolute Gasteiger partial charge is 0.167 e. The summed E-state index contributed by atoms with van der Waals surface area (Å²) in [6.07, 6.45) is 2.62. The Kier molecular flexibility index (Phi) is 4.71. The molecule has 4 nitrogen and oxygen atoms in total. The lowest BCUT2D eigenvalue weighted by Crippen LogP contribution is -2.36. The third kappa shape index (κ3) is 3.19. The average Bonchev–Trinajstić information content (AvgIpc) is 3.15. The highest BCUT2D eigenvalue weighted by Crippen LogP contribution is 2.41. The highest BCUT2D eigenvalue weighted by Gasteiger charge is 2.37. The van der Waals surface area contributed by atoms with Crippen LogP contribution in [0.5, 0.6) is 0 Å². The van der Waals surface area contributed by atoms with Crippen LogP contribution in [-0.2, 0) is 4.79 Å². The fraction of sp³-hybridized carbons (Fsp3) is 0.292. The maximum atomic E-state index is 13.1. The van der Waals surface area contributed by atoms with Crippen LogP contribution in [0.1, 0.15) is 65.0 Å². The molecule has 2 heterocycles. The molecule has 28 heavy (non-hydrogen) atoms. The Balaban J connectivity index is 1.87. The highest BCUT2D eigenvalue weighted by molar-refractivity contribution is 6.29. The van der Waals surface area contributed by atoms with Crippen molar-refractivity contribution in [3.63, 3.8) is 0 Å². The molecule has 4 rings (SSSR count). The van der Waals surface area contributed by atoms with Crippen molar-refractivity contribution in [2.75, 3.05) is 6.54 Å². The number of Topliss-reactive ketones (excluding diaryl/α,β-unsaturated/α-hetero) is 3. The van der Waals surface area contributed by atoms with Gasteiger partial charge in [-0.05, 0) is 37.8 Å². The van der Waals surface area contributed by atoms with Crippen LogP contribution in [0, 0.1) is 0 Å². The summed E-state index contributed by atoms with van der Waals surface area (Å²) in [6.45, 7) is 4.02. The summed E-state index contributed by atoms with van der Waals surface area (Å²) in [5, 5.41) is 0. The molecule has 4 heteroatoms. The van der Waals surface area contributed by atoms with Gasteiger partial charge in [0.15, 0.2) is 17.3 Å². The number of benzene rings is 2. The van der Waals surface area contributed by atoms with Gasteiger partial charge < -0.3 is 4.90 Å². The van der Waals surface area contributed by atoms with E-state index < -0.39 is 0 Å². The number of ketones is 3. The lowest BCUT2D eigenvalue weighted by molar-refractivity contribution is -0.114. The van der Waals surface area contributed by atoms with Gasteiger partial charge in [-0.3, -0.25) is 14.4 Å². The second kappa shape index (κ2) is 7.19. The normalized spacial score (nSPS) is 19.0. The summed E-state index contributed by atoms with van der Waals surface area (Å²) in [4.78, 5) is 38.7. The minimum atomic E-state index is 0.00940. The Morgan fingerprint density at radius 2 is 1.39 bits per heavy atom. The van der Waals surface area contributed by atoms with Crippen molar-refractivity contribution in [3.05, 3.63) is 70.8 Å². The molecular weight excluding hydrogens is 350 g/mol. The van der Waals surface area contributed by atoms with Gasteiger partial charge in [0, 0.05) is 35.7 Å². The molecule has 0 radical (unpaired) electrons. The molecule has 0 aromatic heterocycles. The molecular formula is C24H23NO3. The molecule has 0 spiro atoms. The van der Waals surface area contributed by atoms with E-state index in [0.717, 1.165) is 36.2 Å². The Morgan fingerprint density at radius 1 is 0.857 bits per heavy atom. The molecule has 0 aliphatic carbocycles. The van der Waals surface area contributed by atoms with Crippen LogP contribution in [0.2, 0.25) is 0 Å². The molecule has 1 atom stereocenters. The molecule has 1 fully saturated rings. The maximum Gasteiger partial charge on any atom is 0.167 e. The molecule has 2 aromatic rings. The minimum Gasteiger partial charge on any atom is -0.367 e. The van der Waals surface area contributed by atoms with Gasteiger partial charge in [0.05, 0.1) is 5.70 Å². The first-order chi connectivity index (χ1) is 13.5. The molecule has 0 N–H and O–H groups in total. The average molecular weight is 373 g/mol. The number of carbonyl (C=O) groups excluding carboxylic acids is 3. The first kappa shape index (κ1) is 18.4. The van der Waals surface area contributed by atoms with Crippen molar-refractivity contribution >= 4 is 28.6 Å². The molecule has 1 unspecified atom stereocenters. The minimum absolute atomic E-state index is 0.00940. The molecule has 142 valence electrons. The zero-order valence-corrected chi connectivity index (χ0v) is 16.2. The third-order valence-corrected chi connectivity index (χ3v) is 5.75. The van der Waals surface area contributed by atoms with E-state index in [1.165, 1.54) is 6.92 Å². The van der Waals surface area contributed by atoms with Crippen LogP contribution in [0.15, 0.2) is 48.5 Å². The van der Waals surface area contributed by atoms with E-state index in [0.29, 0.717) is 23.1 Å². The quantitative estimate of drug-likeness (QED) is 0.746. The molecule has 0 amide bonds. The second-order valence-electron chi connectivity index (χ2n) is 7.61. The third-order valence-electron chi connectivity index (χ3n) is 5.75. The highest BCUT2D eigenvalue weighted by atomic mass is 16.1. The van der Waals surface area contributed by atoms with E-state index in [4.69, 9.17) is 0 Å². The fourth-order valence-corrected chi connectivity index (χ4v) is 4.28. The standard InChI is InChI=1S/C24H23NO3/c1-15(26)17-5-9-19(10-6-17)23-22(28)14-21-4-3-13-25(21)24(23)20-11-7-18(8-12-20)16(2)27/h5-12,21H,3-4,13-14H2,1-2H3. The van der Waals surface area contributed by atoms with E-state index in [2.05, 4.69) is 4.90 Å². The Morgan fingerprint density at radius 3 is 1.93 bits per heavy atom. The summed E-state index contributed by atoms with van der Waals surface area (Å²) in [7, 11) is 0. The van der Waals surface area contributed by atoms with Gasteiger partial charge in [-0.25, -0.2) is 0 Å². The van der Waals surface area contributed by atoms with Crippen LogP contribution in [0.3, 0.4) is 0 Å². The number of rotatable bonds is 4. The first-order valence-electron chi connectivity index (χ1n) is 9.72. The number of allylic oxidation sites excluding steroid dienone is 1. The molecule has 2 aromatic carbocycles. The SMILES string of the molecule is CC(=O)c1ccc(C2=C(c3ccc(C(C)=O)cc3)N3CCCC3CC2=O)cc1. The first-order valence-corrected chi connectivity index (χ1v) is 9.72. The lowest BCUT2D eigenvalue weighted by Gasteiger charge is -2.35. The summed E-state index contributed by atoms with van der Waals surface area (Å²) in [5.41, 5.74) is 4.76. The molecule has 1 saturated heterocycles. The molecule has 2 aliphatic rings. The molecule has 0 bridgehead atoms. The summed E-state index contributed by atoms with van der Waals surface area (Å²) in [5.74, 6) is 0.180. The molecule has 0 saturated carbocycles. The van der Waals surface area contributed by atoms with Gasteiger partial charge in [0.1, 0.15) is 0 Å². The molecule has 2 aliphatic heterocycles. The number of hydrogen-bond acceptors (Lipinski definition) is 4. The van der Waals surface area contributed by atoms with E-state index in [-0.39, 0.29) is 23.4 Å². The fourth-order valence-electron chi connectivity index (χ4n) is 4.28. The topological polar surface area (TPSA) is 54.5 Å². The van der Waals surface area contributed by atoms with Crippen LogP contribution in [0.4, 0.5) is 0 Å². The predicted octanol–water partition coefficient (Wildman–Crippen LogP) is 4.40. The van der Waals surface area contributed by atoms with Gasteiger partial charge in [-0.2, -0.15) is 0 Å². The summed E-state index contributed by atoms with van der Waals surface area (Å²) in [6, 6.07) is 15.1. The second-order valence-corrected chi connectivity index (χ2v) is 7.61. The zero-order valence-electron chi connectivity index (χ0n) is 16.2. The van der Waals surface area contributed by atoms with Gasteiger partial charge in [0.2, 0.25) is 0 Å². The number of carbonyl (C=O) groups is 3. The van der Waals surface area contributed by atoms with E-state index in [1.807, 2.05) is 36.4 Å². The van der Waals surface area contributed by atoms with Gasteiger partial charge in [-0.1, -0.05) is 48.5 Å². The van der Waals surface area contributed by atoms with Crippen LogP contribution >= 0.6 is 0 Å². The predicted molar refractivity (Wildman–Crippen MR) is 109 cm³/mol. The Bertz CT molecular complexity index is 984. The van der Waals surface area contributed by atoms with E-state index in [1.54, 1.807) is 19.1 Å². The number of fused-ring (bicyclic) bond motifs is 1. The van der Waals surface area contributed by atoms with Crippen LogP contribution in [0.25, 0.3) is 11.3 Å². The van der Waals surface area contributed by atoms with Crippen molar-refractivity contribution in [1.29, 1.82) is 0 Å². The monoisotopic (exact) mass is 373 g/mol. The Labute approximate surface area is 164 Å². The zero-order chi connectivity index (χ0) is 19.8. The van der Waals surface area contributed by atoms with Crippen molar-refractivity contribution in [1.82, 2.24) is 4.90 Å². The van der Waals surface area contributed by atoms with E-state index in [9.17, 15) is 14.4 Å². The van der Waals surface area contributed by atoms with Gasteiger partial charge in [0.25, 0.3) is 0 Å². The summed E-state index contributed by atoms with van der Waals surface area (Å²) < 4.78 is 0. The number of hydrogen-bond donors (Lipinski definition) is 0. The van der Waals surface area contributed by atoms with Crippen LogP contribution in [-0.4, -0.2) is 34.8 Å². The van der Waals surface area contributed by atoms with Crippen LogP contribution < -0.4 is 0 Å². The Hall–Kier alpha value is -3.01. The van der Waals surface area contributed by atoms with E-state index >= 15 is 0 Å². The van der Waals surface area contributed by atoms with Crippen molar-refractivity contribution < 1.29 is 14.4 Å². The van der Waals surface area contributed by atoms with Gasteiger partial charge >= 0.3 is 0 Å². The van der Waals surface area contributed by atoms with Crippen molar-refractivity contribution in [3.8, 4) is 0 Å². The van der Waals surface area contributed by atoms with Crippen molar-refractivity contribution in [2.24, 2.45) is 0 Å².